The lowest BCUT2D eigenvalue weighted by Crippen LogP contribution is -2.50. The first kappa shape index (κ1) is 16.0. The predicted octanol–water partition coefficient (Wildman–Crippen LogP) is 2.77. The number of halogens is 1. The molecule has 0 bridgehead atoms. The molecule has 1 atom stereocenters. The van der Waals surface area contributed by atoms with Crippen LogP contribution in [-0.4, -0.2) is 23.7 Å². The van der Waals surface area contributed by atoms with E-state index in [2.05, 4.69) is 5.32 Å². The van der Waals surface area contributed by atoms with Gasteiger partial charge in [-0.2, -0.15) is 0 Å². The molecule has 1 aromatic carbocycles. The number of amides is 1. The fraction of sp³-hybridized carbons (Fsp3) is 0.588. The summed E-state index contributed by atoms with van der Waals surface area (Å²) in [4.78, 5) is 12.5. The van der Waals surface area contributed by atoms with Gasteiger partial charge >= 0.3 is 0 Å². The highest BCUT2D eigenvalue weighted by molar-refractivity contribution is 5.89. The van der Waals surface area contributed by atoms with Crippen LogP contribution in [0.25, 0.3) is 0 Å². The Kier molecular flexibility index (Phi) is 4.99. The lowest BCUT2D eigenvalue weighted by atomic mass is 9.64. The number of hydrogen-bond donors (Lipinski definition) is 2. The van der Waals surface area contributed by atoms with Crippen LogP contribution in [0.2, 0.25) is 0 Å². The van der Waals surface area contributed by atoms with Gasteiger partial charge in [-0.25, -0.2) is 4.39 Å². The molecule has 21 heavy (non-hydrogen) atoms. The zero-order valence-electron chi connectivity index (χ0n) is 12.7. The van der Waals surface area contributed by atoms with Gasteiger partial charge in [0.2, 0.25) is 5.91 Å². The molecule has 1 unspecified atom stereocenters. The highest BCUT2D eigenvalue weighted by atomic mass is 19.1. The quantitative estimate of drug-likeness (QED) is 0.847. The van der Waals surface area contributed by atoms with Crippen molar-refractivity contribution in [2.45, 2.75) is 51.0 Å². The summed E-state index contributed by atoms with van der Waals surface area (Å²) in [7, 11) is 0. The lowest BCUT2D eigenvalue weighted by molar-refractivity contribution is -0.130. The average Bonchev–Trinajstić information content (AvgIpc) is 2.36. The maximum absolute atomic E-state index is 13.0. The van der Waals surface area contributed by atoms with Crippen LogP contribution in [0, 0.1) is 11.7 Å². The third-order valence-corrected chi connectivity index (χ3v) is 4.28. The Labute approximate surface area is 125 Å². The van der Waals surface area contributed by atoms with Crippen molar-refractivity contribution in [1.82, 2.24) is 5.32 Å². The summed E-state index contributed by atoms with van der Waals surface area (Å²) in [5, 5.41) is 12.7. The Morgan fingerprint density at radius 2 is 1.95 bits per heavy atom. The molecule has 3 nitrogen and oxygen atoms in total. The molecule has 116 valence electrons. The smallest absolute Gasteiger partial charge is 0.230 e. The Morgan fingerprint density at radius 1 is 1.33 bits per heavy atom. The van der Waals surface area contributed by atoms with Gasteiger partial charge in [-0.1, -0.05) is 32.4 Å². The van der Waals surface area contributed by atoms with Crippen LogP contribution in [0.5, 0.6) is 0 Å². The van der Waals surface area contributed by atoms with Crippen LogP contribution >= 0.6 is 0 Å². The number of carbonyl (C=O) groups is 1. The van der Waals surface area contributed by atoms with E-state index in [-0.39, 0.29) is 18.3 Å². The molecule has 1 aliphatic carbocycles. The average molecular weight is 293 g/mol. The van der Waals surface area contributed by atoms with E-state index >= 15 is 0 Å². The van der Waals surface area contributed by atoms with E-state index in [4.69, 9.17) is 0 Å². The van der Waals surface area contributed by atoms with Crippen molar-refractivity contribution < 1.29 is 14.3 Å². The van der Waals surface area contributed by atoms with Crippen LogP contribution < -0.4 is 5.32 Å². The highest BCUT2D eigenvalue weighted by Crippen LogP contribution is 2.43. The Morgan fingerprint density at radius 3 is 2.43 bits per heavy atom. The first-order chi connectivity index (χ1) is 9.94. The molecule has 1 aliphatic rings. The van der Waals surface area contributed by atoms with Crippen molar-refractivity contribution >= 4 is 5.91 Å². The lowest BCUT2D eigenvalue weighted by Gasteiger charge is -2.41. The zero-order chi connectivity index (χ0) is 15.5. The SMILES string of the molecule is CC(C)CC(O)CNC(=O)C1(c2ccc(F)cc2)CCC1. The van der Waals surface area contributed by atoms with Gasteiger partial charge in [-0.15, -0.1) is 0 Å². The van der Waals surface area contributed by atoms with Gasteiger partial charge in [0.1, 0.15) is 5.82 Å². The summed E-state index contributed by atoms with van der Waals surface area (Å²) in [6.07, 6.45) is 2.72. The largest absolute Gasteiger partial charge is 0.391 e. The van der Waals surface area contributed by atoms with E-state index in [1.165, 1.54) is 12.1 Å². The Hall–Kier alpha value is -1.42. The van der Waals surface area contributed by atoms with E-state index < -0.39 is 11.5 Å². The van der Waals surface area contributed by atoms with Crippen LogP contribution in [0.3, 0.4) is 0 Å². The molecule has 0 heterocycles. The third kappa shape index (κ3) is 3.62. The maximum Gasteiger partial charge on any atom is 0.230 e. The van der Waals surface area contributed by atoms with Gasteiger partial charge < -0.3 is 10.4 Å². The number of nitrogens with one attached hydrogen (secondary N) is 1. The summed E-state index contributed by atoms with van der Waals surface area (Å²) in [5.74, 6) is 0.0517. The minimum atomic E-state index is -0.536. The molecule has 2 rings (SSSR count). The first-order valence-corrected chi connectivity index (χ1v) is 7.66. The topological polar surface area (TPSA) is 49.3 Å². The monoisotopic (exact) mass is 293 g/mol. The predicted molar refractivity (Wildman–Crippen MR) is 80.4 cm³/mol. The number of hydrogen-bond acceptors (Lipinski definition) is 2. The summed E-state index contributed by atoms with van der Waals surface area (Å²) in [6, 6.07) is 6.18. The van der Waals surface area contributed by atoms with Crippen LogP contribution in [0.4, 0.5) is 4.39 Å². The minimum Gasteiger partial charge on any atom is -0.391 e. The second-order valence-electron chi connectivity index (χ2n) is 6.44. The normalized spacial score (nSPS) is 18.1. The van der Waals surface area contributed by atoms with Gasteiger partial charge in [0, 0.05) is 6.54 Å². The van der Waals surface area contributed by atoms with E-state index in [0.29, 0.717) is 12.3 Å². The van der Waals surface area contributed by atoms with Crippen molar-refractivity contribution in [3.63, 3.8) is 0 Å². The molecular formula is C17H24FNO2. The Bertz CT molecular complexity index is 480. The molecule has 1 fully saturated rings. The summed E-state index contributed by atoms with van der Waals surface area (Å²) >= 11 is 0. The van der Waals surface area contributed by atoms with Gasteiger partial charge in [-0.3, -0.25) is 4.79 Å². The minimum absolute atomic E-state index is 0.0526. The maximum atomic E-state index is 13.0. The molecule has 2 N–H and O–H groups in total. The molecule has 0 radical (unpaired) electrons. The van der Waals surface area contributed by atoms with Gasteiger partial charge in [0.05, 0.1) is 11.5 Å². The van der Waals surface area contributed by atoms with Crippen molar-refractivity contribution in [2.24, 2.45) is 5.92 Å². The number of rotatable bonds is 6. The molecule has 4 heteroatoms. The number of aliphatic hydroxyl groups is 1. The fourth-order valence-electron chi connectivity index (χ4n) is 2.95. The van der Waals surface area contributed by atoms with Crippen molar-refractivity contribution in [2.75, 3.05) is 6.54 Å². The van der Waals surface area contributed by atoms with Gasteiger partial charge in [0.25, 0.3) is 0 Å². The van der Waals surface area contributed by atoms with Crippen molar-refractivity contribution in [1.29, 1.82) is 0 Å². The van der Waals surface area contributed by atoms with E-state index in [0.717, 1.165) is 24.8 Å². The fourth-order valence-corrected chi connectivity index (χ4v) is 2.95. The summed E-state index contributed by atoms with van der Waals surface area (Å²) in [5.41, 5.74) is 0.330. The van der Waals surface area contributed by atoms with Crippen LogP contribution in [0.15, 0.2) is 24.3 Å². The summed E-state index contributed by atoms with van der Waals surface area (Å²) < 4.78 is 13.0. The van der Waals surface area contributed by atoms with Crippen LogP contribution in [-0.2, 0) is 10.2 Å². The third-order valence-electron chi connectivity index (χ3n) is 4.28. The van der Waals surface area contributed by atoms with Crippen LogP contribution in [0.1, 0.15) is 45.1 Å². The molecule has 0 spiro atoms. The number of carbonyl (C=O) groups excluding carboxylic acids is 1. The second kappa shape index (κ2) is 6.56. The summed E-state index contributed by atoms with van der Waals surface area (Å²) in [6.45, 7) is 4.36. The molecule has 1 amide bonds. The first-order valence-electron chi connectivity index (χ1n) is 7.66. The number of benzene rings is 1. The molecule has 0 aliphatic heterocycles. The van der Waals surface area contributed by atoms with Gasteiger partial charge in [0.15, 0.2) is 0 Å². The standard InChI is InChI=1S/C17H24FNO2/c1-12(2)10-15(20)11-19-16(21)17(8-3-9-17)13-4-6-14(18)7-5-13/h4-7,12,15,20H,3,8-11H2,1-2H3,(H,19,21). The highest BCUT2D eigenvalue weighted by Gasteiger charge is 2.45. The molecular weight excluding hydrogens is 269 g/mol. The molecule has 1 aromatic rings. The second-order valence-corrected chi connectivity index (χ2v) is 6.44. The van der Waals surface area contributed by atoms with Crippen molar-refractivity contribution in [3.05, 3.63) is 35.6 Å². The van der Waals surface area contributed by atoms with E-state index in [9.17, 15) is 14.3 Å². The van der Waals surface area contributed by atoms with E-state index in [1.807, 2.05) is 13.8 Å². The number of aliphatic hydroxyl groups excluding tert-OH is 1. The Balaban J connectivity index is 2.00. The van der Waals surface area contributed by atoms with E-state index in [1.54, 1.807) is 12.1 Å². The van der Waals surface area contributed by atoms with Crippen molar-refractivity contribution in [3.8, 4) is 0 Å². The molecule has 0 saturated heterocycles. The molecule has 1 saturated carbocycles. The zero-order valence-corrected chi connectivity index (χ0v) is 12.7. The van der Waals surface area contributed by atoms with Gasteiger partial charge in [-0.05, 0) is 42.9 Å². The molecule has 0 aromatic heterocycles.